The molecule has 0 aliphatic carbocycles. The first-order chi connectivity index (χ1) is 14.1. The molecule has 0 aromatic heterocycles. The standard InChI is InChI=1S/C21H22BrNO6S/c1-13(24)29-16-11-19(14-5-4-6-17(9-14)30(3,26)27)23(12-16)21(25)15-7-8-18(22)20(10-15)28-2/h4-10,16,19H,11-12H2,1-3H3/t16?,19-/m1/s1. The molecule has 1 fully saturated rings. The normalized spacial score (nSPS) is 18.9. The van der Waals surface area contributed by atoms with Crippen molar-refractivity contribution in [1.29, 1.82) is 0 Å². The van der Waals surface area contributed by atoms with Gasteiger partial charge in [0.2, 0.25) is 0 Å². The number of carbonyl (C=O) groups is 2. The Morgan fingerprint density at radius 1 is 1.17 bits per heavy atom. The summed E-state index contributed by atoms with van der Waals surface area (Å²) < 4.78 is 35.3. The maximum atomic E-state index is 13.3. The lowest BCUT2D eigenvalue weighted by Gasteiger charge is -2.25. The van der Waals surface area contributed by atoms with Crippen LogP contribution in [0.15, 0.2) is 51.8 Å². The number of ether oxygens (including phenoxy) is 2. The van der Waals surface area contributed by atoms with E-state index in [9.17, 15) is 18.0 Å². The molecule has 2 aromatic carbocycles. The second-order valence-electron chi connectivity index (χ2n) is 7.13. The molecule has 1 aliphatic rings. The number of halogens is 1. The summed E-state index contributed by atoms with van der Waals surface area (Å²) in [4.78, 5) is 26.6. The molecule has 1 aliphatic heterocycles. The molecule has 3 rings (SSSR count). The Bertz CT molecular complexity index is 1080. The number of sulfone groups is 1. The minimum absolute atomic E-state index is 0.175. The quantitative estimate of drug-likeness (QED) is 0.590. The fraction of sp³-hybridized carbons (Fsp3) is 0.333. The van der Waals surface area contributed by atoms with Crippen LogP contribution in [0.2, 0.25) is 0 Å². The van der Waals surface area contributed by atoms with Crippen LogP contribution < -0.4 is 4.74 Å². The van der Waals surface area contributed by atoms with Crippen molar-refractivity contribution in [2.24, 2.45) is 0 Å². The van der Waals surface area contributed by atoms with E-state index in [0.717, 1.165) is 10.7 Å². The van der Waals surface area contributed by atoms with Gasteiger partial charge in [-0.3, -0.25) is 9.59 Å². The average molecular weight is 496 g/mol. The predicted molar refractivity (Wildman–Crippen MR) is 114 cm³/mol. The highest BCUT2D eigenvalue weighted by Crippen LogP contribution is 2.36. The van der Waals surface area contributed by atoms with Crippen LogP contribution in [0.3, 0.4) is 0 Å². The second-order valence-corrected chi connectivity index (χ2v) is 10.0. The third-order valence-electron chi connectivity index (χ3n) is 4.93. The smallest absolute Gasteiger partial charge is 0.302 e. The molecule has 1 heterocycles. The molecule has 0 radical (unpaired) electrons. The minimum Gasteiger partial charge on any atom is -0.496 e. The number of nitrogens with zero attached hydrogens (tertiary/aromatic N) is 1. The van der Waals surface area contributed by atoms with E-state index < -0.39 is 28.0 Å². The third kappa shape index (κ3) is 4.84. The van der Waals surface area contributed by atoms with Crippen molar-refractivity contribution in [2.45, 2.75) is 30.4 Å². The largest absolute Gasteiger partial charge is 0.496 e. The number of carbonyl (C=O) groups excluding carboxylic acids is 2. The number of rotatable bonds is 5. The molecular weight excluding hydrogens is 474 g/mol. The van der Waals surface area contributed by atoms with Gasteiger partial charge < -0.3 is 14.4 Å². The summed E-state index contributed by atoms with van der Waals surface area (Å²) in [7, 11) is -1.89. The summed E-state index contributed by atoms with van der Waals surface area (Å²) in [5.41, 5.74) is 1.09. The molecule has 7 nitrogen and oxygen atoms in total. The highest BCUT2D eigenvalue weighted by Gasteiger charge is 2.38. The number of esters is 1. The summed E-state index contributed by atoms with van der Waals surface area (Å²) >= 11 is 3.37. The number of benzene rings is 2. The van der Waals surface area contributed by atoms with E-state index in [0.29, 0.717) is 23.3 Å². The Morgan fingerprint density at radius 3 is 2.53 bits per heavy atom. The van der Waals surface area contributed by atoms with Crippen molar-refractivity contribution >= 4 is 37.6 Å². The van der Waals surface area contributed by atoms with Crippen LogP contribution in [0.25, 0.3) is 0 Å². The third-order valence-corrected chi connectivity index (χ3v) is 6.69. The van der Waals surface area contributed by atoms with Crippen LogP contribution in [0.4, 0.5) is 0 Å². The Kier molecular flexibility index (Phi) is 6.52. The van der Waals surface area contributed by atoms with Gasteiger partial charge in [0.25, 0.3) is 5.91 Å². The first-order valence-corrected chi connectivity index (χ1v) is 11.9. The summed E-state index contributed by atoms with van der Waals surface area (Å²) in [6.07, 6.45) is 1.04. The zero-order valence-electron chi connectivity index (χ0n) is 16.8. The van der Waals surface area contributed by atoms with E-state index in [1.807, 2.05) is 0 Å². The Balaban J connectivity index is 1.99. The number of methoxy groups -OCH3 is 1. The number of likely N-dealkylation sites (tertiary alicyclic amines) is 1. The van der Waals surface area contributed by atoms with Gasteiger partial charge in [-0.05, 0) is 51.8 Å². The Hall–Kier alpha value is -2.39. The second kappa shape index (κ2) is 8.77. The summed E-state index contributed by atoms with van der Waals surface area (Å²) in [5, 5.41) is 0. The highest BCUT2D eigenvalue weighted by atomic mass is 79.9. The lowest BCUT2D eigenvalue weighted by molar-refractivity contribution is -0.145. The van der Waals surface area contributed by atoms with Crippen molar-refractivity contribution in [3.8, 4) is 5.75 Å². The van der Waals surface area contributed by atoms with Crippen molar-refractivity contribution in [2.75, 3.05) is 19.9 Å². The maximum absolute atomic E-state index is 13.3. The molecule has 1 amide bonds. The van der Waals surface area contributed by atoms with Gasteiger partial charge in [-0.1, -0.05) is 12.1 Å². The van der Waals surface area contributed by atoms with Gasteiger partial charge in [-0.2, -0.15) is 0 Å². The lowest BCUT2D eigenvalue weighted by atomic mass is 10.0. The molecular formula is C21H22BrNO6S. The zero-order chi connectivity index (χ0) is 22.1. The van der Waals surface area contributed by atoms with Crippen molar-refractivity contribution in [3.63, 3.8) is 0 Å². The predicted octanol–water partition coefficient (Wildman–Crippen LogP) is 3.38. The Labute approximate surface area is 184 Å². The fourth-order valence-electron chi connectivity index (χ4n) is 3.57. The highest BCUT2D eigenvalue weighted by molar-refractivity contribution is 9.10. The number of amides is 1. The van der Waals surface area contributed by atoms with Crippen LogP contribution in [-0.4, -0.2) is 51.2 Å². The zero-order valence-corrected chi connectivity index (χ0v) is 19.2. The first-order valence-electron chi connectivity index (χ1n) is 9.22. The van der Waals surface area contributed by atoms with Gasteiger partial charge in [-0.15, -0.1) is 0 Å². The number of hydrogen-bond donors (Lipinski definition) is 0. The molecule has 0 bridgehead atoms. The van der Waals surface area contributed by atoms with E-state index in [1.165, 1.54) is 20.1 Å². The SMILES string of the molecule is COc1cc(C(=O)N2CC(OC(C)=O)C[C@@H]2c2cccc(S(C)(=O)=O)c2)ccc1Br. The van der Waals surface area contributed by atoms with E-state index in [4.69, 9.17) is 9.47 Å². The van der Waals surface area contributed by atoms with Gasteiger partial charge in [-0.25, -0.2) is 8.42 Å². The summed E-state index contributed by atoms with van der Waals surface area (Å²) in [6, 6.07) is 11.1. The van der Waals surface area contributed by atoms with Crippen LogP contribution in [0.1, 0.15) is 35.3 Å². The van der Waals surface area contributed by atoms with Crippen molar-refractivity contribution in [3.05, 3.63) is 58.1 Å². The molecule has 2 atom stereocenters. The van der Waals surface area contributed by atoms with E-state index in [-0.39, 0.29) is 17.3 Å². The molecule has 1 unspecified atom stereocenters. The minimum atomic E-state index is -3.40. The maximum Gasteiger partial charge on any atom is 0.302 e. The molecule has 30 heavy (non-hydrogen) atoms. The van der Waals surface area contributed by atoms with Crippen LogP contribution in [0.5, 0.6) is 5.75 Å². The molecule has 160 valence electrons. The molecule has 0 spiro atoms. The summed E-state index contributed by atoms with van der Waals surface area (Å²) in [5.74, 6) is -0.166. The van der Waals surface area contributed by atoms with Gasteiger partial charge in [0, 0.05) is 25.2 Å². The average Bonchev–Trinajstić information content (AvgIpc) is 3.10. The van der Waals surface area contributed by atoms with Crippen LogP contribution >= 0.6 is 15.9 Å². The van der Waals surface area contributed by atoms with Gasteiger partial charge >= 0.3 is 5.97 Å². The molecule has 9 heteroatoms. The summed E-state index contributed by atoms with van der Waals surface area (Å²) in [6.45, 7) is 1.54. The number of hydrogen-bond acceptors (Lipinski definition) is 6. The molecule has 0 N–H and O–H groups in total. The van der Waals surface area contributed by atoms with Gasteiger partial charge in [0.05, 0.1) is 29.1 Å². The fourth-order valence-corrected chi connectivity index (χ4v) is 4.65. The molecule has 2 aromatic rings. The van der Waals surface area contributed by atoms with Crippen LogP contribution in [0, 0.1) is 0 Å². The van der Waals surface area contributed by atoms with Gasteiger partial charge in [0.1, 0.15) is 11.9 Å². The first kappa shape index (κ1) is 22.3. The van der Waals surface area contributed by atoms with Crippen molar-refractivity contribution < 1.29 is 27.5 Å². The Morgan fingerprint density at radius 2 is 1.90 bits per heavy atom. The van der Waals surface area contributed by atoms with E-state index >= 15 is 0 Å². The molecule has 1 saturated heterocycles. The van der Waals surface area contributed by atoms with Crippen LogP contribution in [-0.2, 0) is 19.4 Å². The topological polar surface area (TPSA) is 90.0 Å². The monoisotopic (exact) mass is 495 g/mol. The lowest BCUT2D eigenvalue weighted by Crippen LogP contribution is -2.32. The van der Waals surface area contributed by atoms with Crippen molar-refractivity contribution in [1.82, 2.24) is 4.90 Å². The van der Waals surface area contributed by atoms with Gasteiger partial charge in [0.15, 0.2) is 9.84 Å². The van der Waals surface area contributed by atoms with E-state index in [2.05, 4.69) is 15.9 Å². The molecule has 0 saturated carbocycles. The van der Waals surface area contributed by atoms with E-state index in [1.54, 1.807) is 41.3 Å².